The van der Waals surface area contributed by atoms with E-state index in [9.17, 15) is 14.3 Å². The number of β-amino-alcohol motifs (C(OH)–C–C–N with tert-alkyl or cyclic N) is 1. The molecule has 1 aliphatic heterocycles. The van der Waals surface area contributed by atoms with Gasteiger partial charge in [-0.05, 0) is 43.0 Å². The molecule has 2 N–H and O–H groups in total. The fourth-order valence-corrected chi connectivity index (χ4v) is 4.71. The fraction of sp³-hybridized carbons (Fsp3) is 0.480. The van der Waals surface area contributed by atoms with Crippen molar-refractivity contribution in [3.8, 4) is 5.75 Å². The number of aryl methyl sites for hydroxylation is 1. The highest BCUT2D eigenvalue weighted by atomic mass is 19.1. The van der Waals surface area contributed by atoms with E-state index in [-0.39, 0.29) is 30.3 Å². The maximum atomic E-state index is 13.7. The maximum absolute atomic E-state index is 13.7. The molecule has 0 radical (unpaired) electrons. The third-order valence-electron chi connectivity index (χ3n) is 6.40. The summed E-state index contributed by atoms with van der Waals surface area (Å²) in [5, 5.41) is 13.6. The summed E-state index contributed by atoms with van der Waals surface area (Å²) >= 11 is 0. The van der Waals surface area contributed by atoms with Crippen molar-refractivity contribution in [2.45, 2.75) is 38.0 Å². The molecule has 32 heavy (non-hydrogen) atoms. The van der Waals surface area contributed by atoms with Crippen molar-refractivity contribution in [1.82, 2.24) is 15.1 Å². The van der Waals surface area contributed by atoms with Crippen molar-refractivity contribution < 1.29 is 19.0 Å². The number of piperazine rings is 1. The minimum absolute atomic E-state index is 0.0408. The topological polar surface area (TPSA) is 65.0 Å². The summed E-state index contributed by atoms with van der Waals surface area (Å²) in [6.45, 7) is 5.26. The normalized spacial score (nSPS) is 22.3. The minimum atomic E-state index is -0.714. The summed E-state index contributed by atoms with van der Waals surface area (Å²) in [5.74, 6) is -0.216. The predicted octanol–water partition coefficient (Wildman–Crippen LogP) is 2.38. The molecule has 1 saturated heterocycles. The molecule has 2 aromatic rings. The Labute approximate surface area is 189 Å². The second kappa shape index (κ2) is 10.4. The average Bonchev–Trinajstić information content (AvgIpc) is 3.18. The zero-order chi connectivity index (χ0) is 22.5. The van der Waals surface area contributed by atoms with Crippen LogP contribution in [0.2, 0.25) is 0 Å². The van der Waals surface area contributed by atoms with Crippen LogP contribution in [-0.4, -0.2) is 72.3 Å². The van der Waals surface area contributed by atoms with Crippen molar-refractivity contribution in [2.75, 3.05) is 39.3 Å². The number of hydrogen-bond acceptors (Lipinski definition) is 5. The van der Waals surface area contributed by atoms with E-state index in [0.717, 1.165) is 32.5 Å². The molecule has 0 spiro atoms. The van der Waals surface area contributed by atoms with Crippen LogP contribution in [0.1, 0.15) is 30.5 Å². The molecule has 4 rings (SSSR count). The second-order valence-corrected chi connectivity index (χ2v) is 8.83. The molecule has 2 aliphatic rings. The van der Waals surface area contributed by atoms with Gasteiger partial charge in [0.15, 0.2) is 11.6 Å². The van der Waals surface area contributed by atoms with E-state index in [4.69, 9.17) is 4.74 Å². The van der Waals surface area contributed by atoms with Crippen LogP contribution < -0.4 is 10.1 Å². The summed E-state index contributed by atoms with van der Waals surface area (Å²) in [4.78, 5) is 17.0. The summed E-state index contributed by atoms with van der Waals surface area (Å²) in [7, 11) is 0. The Kier molecular flexibility index (Phi) is 7.40. The van der Waals surface area contributed by atoms with Gasteiger partial charge in [0.2, 0.25) is 5.91 Å². The fourth-order valence-electron chi connectivity index (χ4n) is 4.71. The Hall–Kier alpha value is -2.48. The number of nitrogens with zero attached hydrogens (tertiary/aromatic N) is 2. The molecule has 3 atom stereocenters. The van der Waals surface area contributed by atoms with Crippen LogP contribution in [0.5, 0.6) is 5.75 Å². The number of amides is 1. The largest absolute Gasteiger partial charge is 0.488 e. The molecule has 2 aromatic carbocycles. The molecule has 0 bridgehead atoms. The summed E-state index contributed by atoms with van der Waals surface area (Å²) in [6, 6.07) is 14.8. The van der Waals surface area contributed by atoms with Gasteiger partial charge in [-0.1, -0.05) is 36.4 Å². The Morgan fingerprint density at radius 3 is 2.81 bits per heavy atom. The van der Waals surface area contributed by atoms with Gasteiger partial charge in [-0.2, -0.15) is 0 Å². The van der Waals surface area contributed by atoms with Crippen molar-refractivity contribution >= 4 is 5.91 Å². The molecular weight excluding hydrogens is 409 g/mol. The van der Waals surface area contributed by atoms with E-state index in [1.54, 1.807) is 18.2 Å². The molecule has 1 amide bonds. The number of rotatable bonds is 8. The van der Waals surface area contributed by atoms with Gasteiger partial charge in [-0.25, -0.2) is 4.39 Å². The first-order valence-electron chi connectivity index (χ1n) is 11.4. The van der Waals surface area contributed by atoms with Gasteiger partial charge >= 0.3 is 0 Å². The minimum Gasteiger partial charge on any atom is -0.488 e. The summed E-state index contributed by atoms with van der Waals surface area (Å²) in [6.07, 6.45) is 1.26. The molecule has 0 aromatic heterocycles. The van der Waals surface area contributed by atoms with Crippen LogP contribution in [0.15, 0.2) is 48.5 Å². The van der Waals surface area contributed by atoms with Crippen LogP contribution in [-0.2, 0) is 11.2 Å². The number of para-hydroxylation sites is 1. The highest BCUT2D eigenvalue weighted by Crippen LogP contribution is 2.30. The quantitative estimate of drug-likeness (QED) is 0.659. The average molecular weight is 442 g/mol. The molecule has 1 fully saturated rings. The van der Waals surface area contributed by atoms with Crippen LogP contribution in [0.25, 0.3) is 0 Å². The molecule has 7 heteroatoms. The molecule has 0 saturated carbocycles. The number of carbonyl (C=O) groups is 1. The van der Waals surface area contributed by atoms with Gasteiger partial charge < -0.3 is 15.2 Å². The first-order chi connectivity index (χ1) is 15.5. The lowest BCUT2D eigenvalue weighted by Crippen LogP contribution is -2.55. The number of aliphatic hydroxyl groups excluding tert-OH is 1. The number of aliphatic hydroxyl groups is 1. The number of carbonyl (C=O) groups excluding carboxylic acids is 1. The number of nitrogens with one attached hydrogen (secondary N) is 1. The van der Waals surface area contributed by atoms with Gasteiger partial charge in [-0.15, -0.1) is 0 Å². The zero-order valence-electron chi connectivity index (χ0n) is 18.5. The maximum Gasteiger partial charge on any atom is 0.234 e. The van der Waals surface area contributed by atoms with Gasteiger partial charge in [0.1, 0.15) is 12.7 Å². The third-order valence-corrected chi connectivity index (χ3v) is 6.40. The monoisotopic (exact) mass is 441 g/mol. The van der Waals surface area contributed by atoms with Crippen molar-refractivity contribution in [2.24, 2.45) is 0 Å². The van der Waals surface area contributed by atoms with E-state index in [1.807, 2.05) is 12.1 Å². The predicted molar refractivity (Wildman–Crippen MR) is 121 cm³/mol. The van der Waals surface area contributed by atoms with Crippen molar-refractivity contribution in [3.05, 3.63) is 65.5 Å². The lowest BCUT2D eigenvalue weighted by Gasteiger charge is -2.40. The summed E-state index contributed by atoms with van der Waals surface area (Å²) in [5.41, 5.74) is 2.57. The molecule has 172 valence electrons. The van der Waals surface area contributed by atoms with Crippen LogP contribution in [0.3, 0.4) is 0 Å². The highest BCUT2D eigenvalue weighted by Gasteiger charge is 2.28. The molecule has 6 nitrogen and oxygen atoms in total. The SMILES string of the molecule is CC1CN(CC(=O)NC2CCc3ccccc32)CCN1CC(O)COc1ccccc1F. The Balaban J connectivity index is 1.19. The van der Waals surface area contributed by atoms with E-state index in [1.165, 1.54) is 17.2 Å². The first kappa shape index (κ1) is 22.7. The van der Waals surface area contributed by atoms with Crippen LogP contribution >= 0.6 is 0 Å². The lowest BCUT2D eigenvalue weighted by molar-refractivity contribution is -0.123. The van der Waals surface area contributed by atoms with Crippen molar-refractivity contribution in [1.29, 1.82) is 0 Å². The van der Waals surface area contributed by atoms with Gasteiger partial charge in [0.25, 0.3) is 0 Å². The number of hydrogen-bond donors (Lipinski definition) is 2. The van der Waals surface area contributed by atoms with Crippen molar-refractivity contribution in [3.63, 3.8) is 0 Å². The number of halogens is 1. The molecule has 3 unspecified atom stereocenters. The first-order valence-corrected chi connectivity index (χ1v) is 11.4. The van der Waals surface area contributed by atoms with E-state index in [2.05, 4.69) is 34.2 Å². The van der Waals surface area contributed by atoms with Gasteiger partial charge in [0.05, 0.1) is 12.6 Å². The number of ether oxygens (including phenoxy) is 1. The van der Waals surface area contributed by atoms with E-state index in [0.29, 0.717) is 13.1 Å². The number of benzene rings is 2. The van der Waals surface area contributed by atoms with Crippen LogP contribution in [0.4, 0.5) is 4.39 Å². The van der Waals surface area contributed by atoms with Gasteiger partial charge in [-0.3, -0.25) is 14.6 Å². The Morgan fingerprint density at radius 1 is 1.22 bits per heavy atom. The summed E-state index contributed by atoms with van der Waals surface area (Å²) < 4.78 is 19.1. The van der Waals surface area contributed by atoms with Gasteiger partial charge in [0, 0.05) is 32.2 Å². The Morgan fingerprint density at radius 2 is 2.00 bits per heavy atom. The number of fused-ring (bicyclic) bond motifs is 1. The van der Waals surface area contributed by atoms with E-state index < -0.39 is 11.9 Å². The van der Waals surface area contributed by atoms with Crippen LogP contribution in [0, 0.1) is 5.82 Å². The highest BCUT2D eigenvalue weighted by molar-refractivity contribution is 5.78. The Bertz CT molecular complexity index is 925. The molecular formula is C25H32FN3O3. The molecule has 1 heterocycles. The lowest BCUT2D eigenvalue weighted by atomic mass is 10.1. The second-order valence-electron chi connectivity index (χ2n) is 8.83. The molecule has 1 aliphatic carbocycles. The zero-order valence-corrected chi connectivity index (χ0v) is 18.5. The smallest absolute Gasteiger partial charge is 0.234 e. The standard InChI is InChI=1S/C25H32FN3O3/c1-18-14-28(16-25(31)27-23-11-10-19-6-2-3-7-21(19)23)12-13-29(18)15-20(30)17-32-24-9-5-4-8-22(24)26/h2-9,18,20,23,30H,10-17H2,1H3,(H,27,31). The third kappa shape index (κ3) is 5.65. The van der Waals surface area contributed by atoms with E-state index >= 15 is 0 Å².